The van der Waals surface area contributed by atoms with Crippen LogP contribution in [0.2, 0.25) is 5.02 Å². The SMILES string of the molecule is CC(C)C[C@@H](N)C(=O)N[C@H]1C(=O)N[C@@H](CC(N)=O)C(=O)N[C@H]2C(=O)N[C@H]3C(=O)N[C@H](C(=O)N[C@H](C(=O)O)c4cc(O)cc(O)c4-c4cc3ccc4O)[C@H](O)C3C=C(Cl)C(=CC3)Oc3cc2cc(c3O[C@@H]2O[C@H](CO)[C@@H](O)[C@H](O)[C@H]2O[C@H]2C[C@](C)(N)[C@H](O)[C@H](C)O2)Oc2ccc(cc2Cl)[C@H]1O. The van der Waals surface area contributed by atoms with Gasteiger partial charge in [-0.3, -0.25) is 33.6 Å². The molecule has 7 amide bonds. The topological polar surface area (TPSA) is 544 Å². The molecule has 4 aromatic carbocycles. The van der Waals surface area contributed by atoms with Crippen LogP contribution in [0.1, 0.15) is 99.9 Å². The zero-order chi connectivity index (χ0) is 72.8. The van der Waals surface area contributed by atoms with Gasteiger partial charge in [-0.15, -0.1) is 0 Å². The number of amides is 7. The van der Waals surface area contributed by atoms with Crippen molar-refractivity contribution >= 4 is 70.5 Å². The van der Waals surface area contributed by atoms with Gasteiger partial charge < -0.3 is 129 Å². The lowest BCUT2D eigenvalue weighted by molar-refractivity contribution is -0.333. The van der Waals surface area contributed by atoms with E-state index in [1.807, 2.05) is 0 Å². The van der Waals surface area contributed by atoms with Gasteiger partial charge in [0, 0.05) is 40.6 Å². The third kappa shape index (κ3) is 15.5. The maximum absolute atomic E-state index is 16.0. The zero-order valence-electron chi connectivity index (χ0n) is 53.6. The number of rotatable bonds is 12. The third-order valence-corrected chi connectivity index (χ3v) is 18.4. The number of phenolic OH excluding ortho intramolecular Hbond substituents is 3. The minimum atomic E-state index is -2.34. The van der Waals surface area contributed by atoms with Crippen molar-refractivity contribution in [1.29, 1.82) is 0 Å². The monoisotopic (exact) mass is 1440 g/mol. The van der Waals surface area contributed by atoms with Crippen LogP contribution in [0.5, 0.6) is 40.2 Å². The minimum absolute atomic E-state index is 0.0766. The van der Waals surface area contributed by atoms with Crippen LogP contribution in [0.15, 0.2) is 83.6 Å². The average Bonchev–Trinajstić information content (AvgIpc) is 0.767. The van der Waals surface area contributed by atoms with Crippen molar-refractivity contribution in [3.05, 3.63) is 111 Å². The summed E-state index contributed by atoms with van der Waals surface area (Å²) in [5, 5.41) is 128. The van der Waals surface area contributed by atoms with Crippen molar-refractivity contribution in [1.82, 2.24) is 31.9 Å². The summed E-state index contributed by atoms with van der Waals surface area (Å²) in [6, 6.07) is -4.24. The summed E-state index contributed by atoms with van der Waals surface area (Å²) in [6.45, 7) is 5.55. The second kappa shape index (κ2) is 29.7. The molecule has 7 aliphatic heterocycles. The predicted molar refractivity (Wildman–Crippen MR) is 345 cm³/mol. The molecular formula is C65H75Cl2N9O24. The first-order chi connectivity index (χ1) is 47.1. The quantitative estimate of drug-likeness (QED) is 0.0820. The molecule has 22 N–H and O–H groups in total. The van der Waals surface area contributed by atoms with Crippen LogP contribution in [0.4, 0.5) is 0 Å². The lowest BCUT2D eigenvalue weighted by Crippen LogP contribution is -2.64. The Kier molecular flexibility index (Phi) is 21.9. The van der Waals surface area contributed by atoms with Crippen LogP contribution in [0, 0.1) is 11.8 Å². The van der Waals surface area contributed by atoms with E-state index in [1.165, 1.54) is 38.1 Å². The Labute approximate surface area is 578 Å². The van der Waals surface area contributed by atoms with Crippen LogP contribution in [0.25, 0.3) is 11.1 Å². The molecular weight excluding hydrogens is 1360 g/mol. The van der Waals surface area contributed by atoms with E-state index in [9.17, 15) is 75.0 Å². The number of hydrogen-bond donors (Lipinski definition) is 19. The van der Waals surface area contributed by atoms with Crippen LogP contribution in [-0.4, -0.2) is 190 Å². The van der Waals surface area contributed by atoms with Crippen molar-refractivity contribution in [3.8, 4) is 51.4 Å². The van der Waals surface area contributed by atoms with E-state index < -0.39 is 232 Å². The number of aliphatic hydroxyl groups is 6. The van der Waals surface area contributed by atoms with Crippen LogP contribution >= 0.6 is 23.2 Å². The van der Waals surface area contributed by atoms with Crippen LogP contribution < -0.4 is 63.3 Å². The highest BCUT2D eigenvalue weighted by molar-refractivity contribution is 6.32. The number of aliphatic hydroxyl groups excluding tert-OH is 6. The molecule has 11 bridgehead atoms. The van der Waals surface area contributed by atoms with Crippen LogP contribution in [-0.2, 0) is 52.6 Å². The number of halogens is 2. The molecule has 1 unspecified atom stereocenters. The fraction of sp³-hybridized carbons (Fsp3) is 0.446. The maximum atomic E-state index is 16.0. The first-order valence-electron chi connectivity index (χ1n) is 31.4. The first kappa shape index (κ1) is 73.8. The van der Waals surface area contributed by atoms with Crippen molar-refractivity contribution in [2.45, 2.75) is 163 Å². The Hall–Kier alpha value is -8.94. The van der Waals surface area contributed by atoms with E-state index in [4.69, 9.17) is 68.8 Å². The largest absolute Gasteiger partial charge is 0.508 e. The molecule has 19 atom stereocenters. The van der Waals surface area contributed by atoms with Gasteiger partial charge in [-0.2, -0.15) is 0 Å². The molecule has 0 radical (unpaired) electrons. The number of primary amides is 1. The van der Waals surface area contributed by atoms with Gasteiger partial charge in [0.1, 0.15) is 83.4 Å². The van der Waals surface area contributed by atoms with Gasteiger partial charge >= 0.3 is 5.97 Å². The Morgan fingerprint density at radius 1 is 0.770 bits per heavy atom. The van der Waals surface area contributed by atoms with E-state index >= 15 is 14.4 Å². The average molecular weight is 1440 g/mol. The molecule has 538 valence electrons. The number of hydrogen-bond acceptors (Lipinski definition) is 25. The highest BCUT2D eigenvalue weighted by atomic mass is 35.5. The minimum Gasteiger partial charge on any atom is -0.508 e. The molecule has 4 aromatic rings. The van der Waals surface area contributed by atoms with E-state index in [-0.39, 0.29) is 57.9 Å². The molecule has 8 aliphatic rings. The summed E-state index contributed by atoms with van der Waals surface area (Å²) in [5.74, 6) is -17.4. The van der Waals surface area contributed by atoms with Crippen molar-refractivity contribution < 1.29 is 118 Å². The van der Waals surface area contributed by atoms with Gasteiger partial charge in [0.2, 0.25) is 53.4 Å². The number of nitrogens with one attached hydrogen (secondary N) is 6. The van der Waals surface area contributed by atoms with Crippen molar-refractivity contribution in [3.63, 3.8) is 0 Å². The number of carbonyl (C=O) groups is 8. The fourth-order valence-corrected chi connectivity index (χ4v) is 13.1. The fourth-order valence-electron chi connectivity index (χ4n) is 12.6. The number of phenols is 3. The number of carboxylic acids is 1. The predicted octanol–water partition coefficient (Wildman–Crippen LogP) is -0.867. The normalized spacial score (nSPS) is 31.2. The summed E-state index contributed by atoms with van der Waals surface area (Å²) in [6.07, 6.45) is -16.4. The van der Waals surface area contributed by atoms with Gasteiger partial charge in [-0.05, 0) is 97.8 Å². The molecule has 12 rings (SSSR count). The number of aromatic hydroxyl groups is 3. The maximum Gasteiger partial charge on any atom is 0.330 e. The van der Waals surface area contributed by atoms with Crippen LogP contribution in [0.3, 0.4) is 0 Å². The molecule has 0 saturated carbocycles. The second-order valence-corrected chi connectivity index (χ2v) is 26.6. The second-order valence-electron chi connectivity index (χ2n) is 25.8. The number of carboxylic acid groups (broad SMARTS) is 1. The number of nitrogens with two attached hydrogens (primary N) is 3. The summed E-state index contributed by atoms with van der Waals surface area (Å²) < 4.78 is 38.3. The lowest BCUT2D eigenvalue weighted by Gasteiger charge is -2.47. The van der Waals surface area contributed by atoms with E-state index in [2.05, 4.69) is 31.9 Å². The van der Waals surface area contributed by atoms with Gasteiger partial charge in [0.25, 0.3) is 0 Å². The molecule has 100 heavy (non-hydrogen) atoms. The highest BCUT2D eigenvalue weighted by Crippen LogP contribution is 2.49. The Balaban J connectivity index is 1.23. The summed E-state index contributed by atoms with van der Waals surface area (Å²) in [5.41, 5.74) is 14.5. The zero-order valence-corrected chi connectivity index (χ0v) is 55.1. The summed E-state index contributed by atoms with van der Waals surface area (Å²) in [4.78, 5) is 116. The molecule has 33 nitrogen and oxygen atoms in total. The molecule has 1 aliphatic carbocycles. The number of carbonyl (C=O) groups excluding carboxylic acids is 7. The number of aliphatic carboxylic acids is 1. The lowest BCUT2D eigenvalue weighted by atomic mass is 9.86. The number of fused-ring (bicyclic) bond motifs is 14. The molecule has 0 aromatic heterocycles. The van der Waals surface area contributed by atoms with Gasteiger partial charge in [0.15, 0.2) is 29.9 Å². The smallest absolute Gasteiger partial charge is 0.330 e. The van der Waals surface area contributed by atoms with E-state index in [0.29, 0.717) is 0 Å². The molecule has 7 heterocycles. The Morgan fingerprint density at radius 3 is 2.09 bits per heavy atom. The van der Waals surface area contributed by atoms with Gasteiger partial charge in [-0.25, -0.2) is 4.79 Å². The molecule has 2 saturated heterocycles. The highest BCUT2D eigenvalue weighted by Gasteiger charge is 2.52. The van der Waals surface area contributed by atoms with Crippen molar-refractivity contribution in [2.75, 3.05) is 6.61 Å². The molecule has 35 heteroatoms. The van der Waals surface area contributed by atoms with Crippen molar-refractivity contribution in [2.24, 2.45) is 29.0 Å². The Bertz CT molecular complexity index is 3970. The van der Waals surface area contributed by atoms with Gasteiger partial charge in [-0.1, -0.05) is 55.3 Å². The number of allylic oxidation sites excluding steroid dienone is 2. The van der Waals surface area contributed by atoms with Gasteiger partial charge in [0.05, 0.1) is 47.4 Å². The summed E-state index contributed by atoms with van der Waals surface area (Å²) in [7, 11) is 0. The number of benzene rings is 4. The Morgan fingerprint density at radius 2 is 1.44 bits per heavy atom. The first-order valence-corrected chi connectivity index (χ1v) is 32.2. The number of ether oxygens (including phenoxy) is 6. The van der Waals surface area contributed by atoms with E-state index in [0.717, 1.165) is 48.5 Å². The molecule has 0 spiro atoms. The molecule has 2 fully saturated rings. The van der Waals surface area contributed by atoms with E-state index in [1.54, 1.807) is 13.8 Å². The third-order valence-electron chi connectivity index (χ3n) is 17.8. The standard InChI is InChI=1S/C65H75Cl2N9O24/c1-22(2)11-33(68)57(87)75-48-50(82)25-6-9-37(31(66)13-25)96-39-15-27-16-40(54(39)100-64-55(53(85)52(84)41(21-77)98-64)99-43-20-65(4,70)56(86)23(3)95-43)97-38-10-7-26(14-32(38)67)51(83)49-62(92)74-47(63(93)94)30-17-28(78)18-36(80)44(30)29-12-24(5-8-35(29)79)45(59(89)76-49)73-60(90)46(27)72-58(88)34(19-42(69)81)71-61(48)91/h5-6,8-10,12-18,22-23,26,33-34,41,43,45-53,55-56,64,77-80,82-86H,7,11,19-21,68,70H2,1-4H3,(H2,69,81)(H,71,91)(H,72,88)(H,73,90)(H,74,92)(H,75,87)(H,76,89)(H,93,94)/t23-,26?,33+,34-,41+,43-,45+,46+,47-,48+,49-,50+,51+,52+,53-,55+,56+,64-,65-/m0/s1. The summed E-state index contributed by atoms with van der Waals surface area (Å²) >= 11 is 14.1.